The van der Waals surface area contributed by atoms with E-state index < -0.39 is 11.7 Å². The topological polar surface area (TPSA) is 106 Å². The van der Waals surface area contributed by atoms with Crippen LogP contribution in [0.1, 0.15) is 36.8 Å². The molecule has 1 aromatic heterocycles. The summed E-state index contributed by atoms with van der Waals surface area (Å²) in [6, 6.07) is 1.57. The zero-order valence-corrected chi connectivity index (χ0v) is 12.8. The van der Waals surface area contributed by atoms with E-state index in [-0.39, 0.29) is 19.0 Å². The molecule has 0 aromatic carbocycles. The predicted octanol–water partition coefficient (Wildman–Crippen LogP) is 1.23. The molecule has 0 saturated heterocycles. The Labute approximate surface area is 124 Å². The molecule has 0 bridgehead atoms. The highest BCUT2D eigenvalue weighted by Crippen LogP contribution is 2.09. The zero-order chi connectivity index (χ0) is 16.0. The van der Waals surface area contributed by atoms with Gasteiger partial charge in [-0.15, -0.1) is 0 Å². The molecule has 2 amide bonds. The third kappa shape index (κ3) is 6.11. The minimum Gasteiger partial charge on any atom is -0.444 e. The van der Waals surface area contributed by atoms with Gasteiger partial charge in [-0.05, 0) is 33.8 Å². The molecular weight excluding hydrogens is 272 g/mol. The van der Waals surface area contributed by atoms with E-state index in [4.69, 9.17) is 10.5 Å². The first-order chi connectivity index (χ1) is 9.69. The van der Waals surface area contributed by atoms with Gasteiger partial charge in [-0.3, -0.25) is 9.78 Å². The predicted molar refractivity (Wildman–Crippen MR) is 80.0 cm³/mol. The number of nitrogens with two attached hydrogens (primary N) is 1. The number of anilines is 1. The number of rotatable bonds is 4. The van der Waals surface area contributed by atoms with Gasteiger partial charge in [0.05, 0.1) is 23.1 Å². The number of aryl methyl sites for hydroxylation is 1. The van der Waals surface area contributed by atoms with Crippen LogP contribution in [0.4, 0.5) is 10.5 Å². The van der Waals surface area contributed by atoms with Gasteiger partial charge in [0.2, 0.25) is 0 Å². The van der Waals surface area contributed by atoms with Gasteiger partial charge in [-0.2, -0.15) is 0 Å². The van der Waals surface area contributed by atoms with Gasteiger partial charge in [0.25, 0.3) is 5.91 Å². The molecule has 0 unspecified atom stereocenters. The number of nitrogens with zero attached hydrogens (tertiary/aromatic N) is 1. The highest BCUT2D eigenvalue weighted by molar-refractivity contribution is 5.95. The Bertz CT molecular complexity index is 523. The van der Waals surface area contributed by atoms with Crippen molar-refractivity contribution in [3.8, 4) is 0 Å². The third-order valence-electron chi connectivity index (χ3n) is 2.43. The molecule has 21 heavy (non-hydrogen) atoms. The largest absolute Gasteiger partial charge is 0.444 e. The number of carbonyl (C=O) groups is 2. The molecule has 0 aliphatic carbocycles. The molecule has 116 valence electrons. The lowest BCUT2D eigenvalue weighted by atomic mass is 10.2. The van der Waals surface area contributed by atoms with E-state index >= 15 is 0 Å². The summed E-state index contributed by atoms with van der Waals surface area (Å²) in [5.41, 5.74) is 6.51. The second kappa shape index (κ2) is 6.92. The molecule has 7 heteroatoms. The van der Waals surface area contributed by atoms with Crippen LogP contribution >= 0.6 is 0 Å². The van der Waals surface area contributed by atoms with Gasteiger partial charge in [0, 0.05) is 13.1 Å². The van der Waals surface area contributed by atoms with Crippen molar-refractivity contribution in [1.29, 1.82) is 0 Å². The number of hydrogen-bond acceptors (Lipinski definition) is 5. The third-order valence-corrected chi connectivity index (χ3v) is 2.43. The molecule has 0 radical (unpaired) electrons. The standard InChI is InChI=1S/C14H22N4O3/c1-9-11(7-10(15)8-18-9)12(19)16-5-6-17-13(20)21-14(2,3)4/h7-8H,5-6,15H2,1-4H3,(H,16,19)(H,17,20). The number of pyridine rings is 1. The van der Waals surface area contributed by atoms with Crippen molar-refractivity contribution in [1.82, 2.24) is 15.6 Å². The Kier molecular flexibility index (Phi) is 5.52. The second-order valence-corrected chi connectivity index (χ2v) is 5.59. The summed E-state index contributed by atoms with van der Waals surface area (Å²) in [6.45, 7) is 7.63. The molecule has 0 aliphatic rings. The van der Waals surface area contributed by atoms with E-state index in [1.165, 1.54) is 6.20 Å². The molecule has 1 aromatic rings. The maximum Gasteiger partial charge on any atom is 0.407 e. The van der Waals surface area contributed by atoms with Crippen LogP contribution in [-0.2, 0) is 4.74 Å². The highest BCUT2D eigenvalue weighted by Gasteiger charge is 2.15. The van der Waals surface area contributed by atoms with Gasteiger partial charge in [-0.25, -0.2) is 4.79 Å². The first kappa shape index (κ1) is 16.7. The first-order valence-electron chi connectivity index (χ1n) is 6.66. The molecule has 1 heterocycles. The van der Waals surface area contributed by atoms with Crippen LogP contribution in [0.5, 0.6) is 0 Å². The average Bonchev–Trinajstić information content (AvgIpc) is 2.35. The first-order valence-corrected chi connectivity index (χ1v) is 6.66. The van der Waals surface area contributed by atoms with Crippen LogP contribution in [0.2, 0.25) is 0 Å². The zero-order valence-electron chi connectivity index (χ0n) is 12.8. The van der Waals surface area contributed by atoms with Crippen molar-refractivity contribution >= 4 is 17.7 Å². The van der Waals surface area contributed by atoms with E-state index in [1.54, 1.807) is 33.8 Å². The maximum absolute atomic E-state index is 11.9. The molecule has 1 rings (SSSR count). The summed E-state index contributed by atoms with van der Waals surface area (Å²) in [4.78, 5) is 27.4. The SMILES string of the molecule is Cc1ncc(N)cc1C(=O)NCCNC(=O)OC(C)(C)C. The van der Waals surface area contributed by atoms with Crippen molar-refractivity contribution in [2.24, 2.45) is 0 Å². The summed E-state index contributed by atoms with van der Waals surface area (Å²) in [7, 11) is 0. The van der Waals surface area contributed by atoms with Gasteiger partial charge in [0.15, 0.2) is 0 Å². The van der Waals surface area contributed by atoms with Crippen LogP contribution < -0.4 is 16.4 Å². The van der Waals surface area contributed by atoms with E-state index in [0.29, 0.717) is 16.9 Å². The van der Waals surface area contributed by atoms with E-state index in [9.17, 15) is 9.59 Å². The lowest BCUT2D eigenvalue weighted by Gasteiger charge is -2.19. The van der Waals surface area contributed by atoms with E-state index in [2.05, 4.69) is 15.6 Å². The molecule has 4 N–H and O–H groups in total. The van der Waals surface area contributed by atoms with Crippen LogP contribution in [-0.4, -0.2) is 35.7 Å². The van der Waals surface area contributed by atoms with Gasteiger partial charge in [0.1, 0.15) is 5.60 Å². The number of hydrogen-bond donors (Lipinski definition) is 3. The number of aromatic nitrogens is 1. The smallest absolute Gasteiger partial charge is 0.407 e. The summed E-state index contributed by atoms with van der Waals surface area (Å²) >= 11 is 0. The number of nitrogen functional groups attached to an aromatic ring is 1. The monoisotopic (exact) mass is 294 g/mol. The Morgan fingerprint density at radius 2 is 1.90 bits per heavy atom. The quantitative estimate of drug-likeness (QED) is 0.724. The second-order valence-electron chi connectivity index (χ2n) is 5.59. The molecule has 0 atom stereocenters. The number of ether oxygens (including phenoxy) is 1. The lowest BCUT2D eigenvalue weighted by molar-refractivity contribution is 0.0526. The van der Waals surface area contributed by atoms with Crippen LogP contribution in [0.3, 0.4) is 0 Å². The van der Waals surface area contributed by atoms with Crippen molar-refractivity contribution in [3.63, 3.8) is 0 Å². The van der Waals surface area contributed by atoms with Crippen molar-refractivity contribution in [3.05, 3.63) is 23.5 Å². The van der Waals surface area contributed by atoms with Gasteiger partial charge < -0.3 is 21.1 Å². The fourth-order valence-electron chi connectivity index (χ4n) is 1.53. The summed E-state index contributed by atoms with van der Waals surface area (Å²) < 4.78 is 5.07. The van der Waals surface area contributed by atoms with E-state index in [1.807, 2.05) is 0 Å². The summed E-state index contributed by atoms with van der Waals surface area (Å²) in [5.74, 6) is -0.279. The van der Waals surface area contributed by atoms with E-state index in [0.717, 1.165) is 0 Å². The molecule has 7 nitrogen and oxygen atoms in total. The van der Waals surface area contributed by atoms with Crippen LogP contribution in [0.25, 0.3) is 0 Å². The van der Waals surface area contributed by atoms with Crippen molar-refractivity contribution < 1.29 is 14.3 Å². The number of nitrogens with one attached hydrogen (secondary N) is 2. The Morgan fingerprint density at radius 3 is 2.52 bits per heavy atom. The van der Waals surface area contributed by atoms with Crippen molar-refractivity contribution in [2.75, 3.05) is 18.8 Å². The fourth-order valence-corrected chi connectivity index (χ4v) is 1.53. The van der Waals surface area contributed by atoms with Gasteiger partial charge in [-0.1, -0.05) is 0 Å². The summed E-state index contributed by atoms with van der Waals surface area (Å²) in [6.07, 6.45) is 0.981. The van der Waals surface area contributed by atoms with Gasteiger partial charge >= 0.3 is 6.09 Å². The molecule has 0 saturated carbocycles. The van der Waals surface area contributed by atoms with Crippen LogP contribution in [0.15, 0.2) is 12.3 Å². The Hall–Kier alpha value is -2.31. The minimum atomic E-state index is -0.544. The minimum absolute atomic E-state index is 0.273. The lowest BCUT2D eigenvalue weighted by Crippen LogP contribution is -2.38. The Balaban J connectivity index is 2.38. The Morgan fingerprint density at radius 1 is 1.29 bits per heavy atom. The summed E-state index contributed by atoms with van der Waals surface area (Å²) in [5, 5.41) is 5.24. The van der Waals surface area contributed by atoms with Crippen molar-refractivity contribution in [2.45, 2.75) is 33.3 Å². The number of amides is 2. The molecular formula is C14H22N4O3. The number of carbonyl (C=O) groups excluding carboxylic acids is 2. The fraction of sp³-hybridized carbons (Fsp3) is 0.500. The molecule has 0 aliphatic heterocycles. The number of alkyl carbamates (subject to hydrolysis) is 1. The maximum atomic E-state index is 11.9. The molecule has 0 fully saturated rings. The van der Waals surface area contributed by atoms with Crippen LogP contribution in [0, 0.1) is 6.92 Å². The average molecular weight is 294 g/mol. The normalized spacial score (nSPS) is 10.9. The molecule has 0 spiro atoms. The highest BCUT2D eigenvalue weighted by atomic mass is 16.6.